The van der Waals surface area contributed by atoms with Crippen LogP contribution in [0.15, 0.2) is 48.2 Å². The van der Waals surface area contributed by atoms with Crippen molar-refractivity contribution in [3.05, 3.63) is 48.2 Å². The third-order valence-corrected chi connectivity index (χ3v) is 1.84. The molecule has 0 aliphatic rings. The first-order valence-corrected chi connectivity index (χ1v) is 4.45. The summed E-state index contributed by atoms with van der Waals surface area (Å²) in [6.45, 7) is 18.6. The second-order valence-corrected chi connectivity index (χ2v) is 3.14. The molecule has 0 fully saturated rings. The minimum absolute atomic E-state index is 0.873. The number of rotatable bonds is 5. The molecule has 0 saturated carbocycles. The number of hydrogen-bond acceptors (Lipinski definition) is 1. The highest BCUT2D eigenvalue weighted by molar-refractivity contribution is 5.40. The minimum atomic E-state index is 0.873. The molecule has 0 spiro atoms. The molecule has 0 unspecified atom stereocenters. The molecule has 0 radical (unpaired) electrons. The van der Waals surface area contributed by atoms with Crippen LogP contribution in [0.4, 0.5) is 0 Å². The molecule has 13 heavy (non-hydrogen) atoms. The SMILES string of the molecule is C=C(/C=C(\C)C(=C)C)C(=C)NCC. The molecule has 0 aliphatic carbocycles. The van der Waals surface area contributed by atoms with Crippen LogP contribution >= 0.6 is 0 Å². The first kappa shape index (κ1) is 11.8. The lowest BCUT2D eigenvalue weighted by Crippen LogP contribution is -2.11. The minimum Gasteiger partial charge on any atom is -0.385 e. The maximum atomic E-state index is 3.92. The number of nitrogens with one attached hydrogen (secondary N) is 1. The van der Waals surface area contributed by atoms with Crippen molar-refractivity contribution >= 4 is 0 Å². The summed E-state index contributed by atoms with van der Waals surface area (Å²) in [7, 11) is 0. The van der Waals surface area contributed by atoms with E-state index in [0.29, 0.717) is 0 Å². The average molecular weight is 177 g/mol. The van der Waals surface area contributed by atoms with E-state index in [1.165, 1.54) is 0 Å². The normalized spacial score (nSPS) is 10.8. The molecule has 0 aromatic heterocycles. The highest BCUT2D eigenvalue weighted by Gasteiger charge is 1.96. The summed E-state index contributed by atoms with van der Waals surface area (Å²) < 4.78 is 0. The van der Waals surface area contributed by atoms with Crippen LogP contribution in [0.2, 0.25) is 0 Å². The average Bonchev–Trinajstić information content (AvgIpc) is 2.04. The van der Waals surface area contributed by atoms with E-state index in [1.807, 2.05) is 26.8 Å². The molecule has 1 N–H and O–H groups in total. The Morgan fingerprint density at radius 2 is 1.77 bits per heavy atom. The number of allylic oxidation sites excluding steroid dienone is 3. The lowest BCUT2D eigenvalue weighted by Gasteiger charge is -2.08. The van der Waals surface area contributed by atoms with Crippen LogP contribution in [0.5, 0.6) is 0 Å². The molecule has 0 bridgehead atoms. The summed E-state index contributed by atoms with van der Waals surface area (Å²) in [6.07, 6.45) is 1.99. The third-order valence-electron chi connectivity index (χ3n) is 1.84. The Labute approximate surface area is 81.5 Å². The second kappa shape index (κ2) is 5.41. The molecule has 0 amide bonds. The van der Waals surface area contributed by atoms with Crippen LogP contribution < -0.4 is 5.32 Å². The van der Waals surface area contributed by atoms with E-state index in [1.54, 1.807) is 0 Å². The zero-order valence-electron chi connectivity index (χ0n) is 8.91. The molecule has 0 aromatic rings. The van der Waals surface area contributed by atoms with Gasteiger partial charge >= 0.3 is 0 Å². The van der Waals surface area contributed by atoms with Crippen molar-refractivity contribution in [2.75, 3.05) is 6.54 Å². The fourth-order valence-corrected chi connectivity index (χ4v) is 0.799. The van der Waals surface area contributed by atoms with Crippen LogP contribution in [0.1, 0.15) is 20.8 Å². The van der Waals surface area contributed by atoms with Crippen molar-refractivity contribution in [2.45, 2.75) is 20.8 Å². The van der Waals surface area contributed by atoms with Gasteiger partial charge < -0.3 is 5.32 Å². The fraction of sp³-hybridized carbons (Fsp3) is 0.333. The molecule has 1 heteroatoms. The Hall–Kier alpha value is -1.24. The van der Waals surface area contributed by atoms with Gasteiger partial charge in [-0.1, -0.05) is 31.4 Å². The summed E-state index contributed by atoms with van der Waals surface area (Å²) >= 11 is 0. The van der Waals surface area contributed by atoms with Crippen LogP contribution in [0, 0.1) is 0 Å². The van der Waals surface area contributed by atoms with Crippen molar-refractivity contribution in [1.29, 1.82) is 0 Å². The van der Waals surface area contributed by atoms with Crippen molar-refractivity contribution < 1.29 is 0 Å². The zero-order valence-corrected chi connectivity index (χ0v) is 8.91. The zero-order chi connectivity index (χ0) is 10.4. The smallest absolute Gasteiger partial charge is 0.0334 e. The van der Waals surface area contributed by atoms with Gasteiger partial charge in [0.15, 0.2) is 0 Å². The molecular formula is C12H19N. The molecule has 0 heterocycles. The molecule has 0 atom stereocenters. The molecule has 0 aromatic carbocycles. The Bertz CT molecular complexity index is 256. The lowest BCUT2D eigenvalue weighted by atomic mass is 10.1. The summed E-state index contributed by atoms with van der Waals surface area (Å²) in [4.78, 5) is 0. The van der Waals surface area contributed by atoms with E-state index < -0.39 is 0 Å². The Morgan fingerprint density at radius 3 is 2.15 bits per heavy atom. The topological polar surface area (TPSA) is 12.0 Å². The standard InChI is InChI=1S/C12H19N/c1-7-13-12(6)11(5)8-10(4)9(2)3/h8,13H,2,5-7H2,1,3-4H3/b10-8+. The quantitative estimate of drug-likeness (QED) is 0.636. The van der Waals surface area contributed by atoms with E-state index in [-0.39, 0.29) is 0 Å². The van der Waals surface area contributed by atoms with Gasteiger partial charge in [0, 0.05) is 12.2 Å². The van der Waals surface area contributed by atoms with Gasteiger partial charge in [0.25, 0.3) is 0 Å². The number of likely N-dealkylation sites (N-methyl/N-ethyl adjacent to an activating group) is 1. The Morgan fingerprint density at radius 1 is 1.23 bits per heavy atom. The monoisotopic (exact) mass is 177 g/mol. The van der Waals surface area contributed by atoms with Crippen molar-refractivity contribution in [3.63, 3.8) is 0 Å². The molecule has 1 nitrogen and oxygen atoms in total. The summed E-state index contributed by atoms with van der Waals surface area (Å²) in [5.74, 6) is 0. The van der Waals surface area contributed by atoms with Crippen LogP contribution in [0.3, 0.4) is 0 Å². The van der Waals surface area contributed by atoms with Gasteiger partial charge in [0.2, 0.25) is 0 Å². The molecule has 0 saturated heterocycles. The van der Waals surface area contributed by atoms with E-state index in [0.717, 1.165) is 29.0 Å². The molecule has 0 aliphatic heterocycles. The summed E-state index contributed by atoms with van der Waals surface area (Å²) in [6, 6.07) is 0. The Kier molecular flexibility index (Phi) is 4.90. The lowest BCUT2D eigenvalue weighted by molar-refractivity contribution is 0.873. The van der Waals surface area contributed by atoms with E-state index in [9.17, 15) is 0 Å². The van der Waals surface area contributed by atoms with Crippen LogP contribution in [-0.2, 0) is 0 Å². The van der Waals surface area contributed by atoms with Crippen molar-refractivity contribution in [1.82, 2.24) is 5.32 Å². The number of hydrogen-bond donors (Lipinski definition) is 1. The van der Waals surface area contributed by atoms with Gasteiger partial charge in [0.05, 0.1) is 0 Å². The fourth-order valence-electron chi connectivity index (χ4n) is 0.799. The van der Waals surface area contributed by atoms with E-state index in [4.69, 9.17) is 0 Å². The van der Waals surface area contributed by atoms with Gasteiger partial charge in [-0.25, -0.2) is 0 Å². The predicted molar refractivity (Wildman–Crippen MR) is 60.5 cm³/mol. The van der Waals surface area contributed by atoms with Crippen LogP contribution in [-0.4, -0.2) is 6.54 Å². The van der Waals surface area contributed by atoms with Gasteiger partial charge in [-0.15, -0.1) is 0 Å². The van der Waals surface area contributed by atoms with Gasteiger partial charge in [-0.3, -0.25) is 0 Å². The van der Waals surface area contributed by atoms with Gasteiger partial charge in [-0.2, -0.15) is 0 Å². The van der Waals surface area contributed by atoms with Crippen LogP contribution in [0.25, 0.3) is 0 Å². The largest absolute Gasteiger partial charge is 0.385 e. The highest BCUT2D eigenvalue weighted by Crippen LogP contribution is 2.11. The van der Waals surface area contributed by atoms with E-state index in [2.05, 4.69) is 25.1 Å². The maximum absolute atomic E-state index is 3.92. The highest BCUT2D eigenvalue weighted by atomic mass is 14.9. The summed E-state index contributed by atoms with van der Waals surface area (Å²) in [5, 5.41) is 3.12. The molecular weight excluding hydrogens is 158 g/mol. The first-order chi connectivity index (χ1) is 5.99. The predicted octanol–water partition coefficient (Wildman–Crippen LogP) is 3.19. The first-order valence-electron chi connectivity index (χ1n) is 4.45. The third kappa shape index (κ3) is 4.36. The van der Waals surface area contributed by atoms with Crippen molar-refractivity contribution in [3.8, 4) is 0 Å². The van der Waals surface area contributed by atoms with Gasteiger partial charge in [0.1, 0.15) is 0 Å². The second-order valence-electron chi connectivity index (χ2n) is 3.14. The van der Waals surface area contributed by atoms with E-state index >= 15 is 0 Å². The van der Waals surface area contributed by atoms with Gasteiger partial charge in [-0.05, 0) is 31.9 Å². The molecule has 0 rings (SSSR count). The molecule has 72 valence electrons. The maximum Gasteiger partial charge on any atom is 0.0334 e. The summed E-state index contributed by atoms with van der Waals surface area (Å²) in [5.41, 5.74) is 4.00. The Balaban J connectivity index is 4.37. The van der Waals surface area contributed by atoms with Crippen molar-refractivity contribution in [2.24, 2.45) is 0 Å².